The van der Waals surface area contributed by atoms with Gasteiger partial charge in [-0.05, 0) is 36.4 Å². The smallest absolute Gasteiger partial charge is 0.270 e. The minimum atomic E-state index is -0.528. The van der Waals surface area contributed by atoms with Crippen LogP contribution in [0.25, 0.3) is 10.2 Å². The molecule has 0 aliphatic heterocycles. The minimum Gasteiger partial charge on any atom is -0.278 e. The lowest BCUT2D eigenvalue weighted by Crippen LogP contribution is -2.30. The Morgan fingerprint density at radius 1 is 1.14 bits per heavy atom. The molecule has 0 atom stereocenters. The van der Waals surface area contributed by atoms with Gasteiger partial charge in [0.1, 0.15) is 0 Å². The van der Waals surface area contributed by atoms with Crippen LogP contribution in [0.4, 0.5) is 10.8 Å². The molecule has 0 bridgehead atoms. The summed E-state index contributed by atoms with van der Waals surface area (Å²) in [5.74, 6) is -0.399. The van der Waals surface area contributed by atoms with E-state index in [0.717, 1.165) is 4.70 Å². The maximum absolute atomic E-state index is 13.3. The number of aromatic nitrogens is 2. The maximum Gasteiger partial charge on any atom is 0.270 e. The molecule has 4 rings (SSSR count). The van der Waals surface area contributed by atoms with Gasteiger partial charge in [-0.15, -0.1) is 0 Å². The van der Waals surface area contributed by atoms with Crippen LogP contribution in [0.5, 0.6) is 0 Å². The van der Waals surface area contributed by atoms with Gasteiger partial charge >= 0.3 is 0 Å². The number of rotatable bonds is 5. The number of halogens is 1. The average molecular weight is 425 g/mol. The Labute approximate surface area is 174 Å². The van der Waals surface area contributed by atoms with Crippen molar-refractivity contribution in [3.05, 3.63) is 93.3 Å². The lowest BCUT2D eigenvalue weighted by atomic mass is 10.1. The Bertz CT molecular complexity index is 1210. The summed E-state index contributed by atoms with van der Waals surface area (Å²) in [7, 11) is 0. The Morgan fingerprint density at radius 3 is 2.76 bits per heavy atom. The van der Waals surface area contributed by atoms with Crippen LogP contribution in [-0.4, -0.2) is 20.8 Å². The van der Waals surface area contributed by atoms with E-state index in [1.165, 1.54) is 34.4 Å². The first-order chi connectivity index (χ1) is 14.0. The Kier molecular flexibility index (Phi) is 5.20. The number of carbonyl (C=O) groups is 1. The standard InChI is InChI=1S/C20H13ClN4O3S/c21-14-7-8-17-18(11-14)29-20(23-17)24(12-15-5-1-2-9-22-15)19(26)13-4-3-6-16(10-13)25(27)28/h1-11H,12H2. The van der Waals surface area contributed by atoms with Crippen LogP contribution in [0.3, 0.4) is 0 Å². The minimum absolute atomic E-state index is 0.148. The van der Waals surface area contributed by atoms with Gasteiger partial charge in [0.15, 0.2) is 5.13 Å². The van der Waals surface area contributed by atoms with E-state index in [-0.39, 0.29) is 17.8 Å². The topological polar surface area (TPSA) is 89.2 Å². The van der Waals surface area contributed by atoms with Gasteiger partial charge in [0.05, 0.1) is 27.4 Å². The second kappa shape index (κ2) is 7.94. The van der Waals surface area contributed by atoms with Crippen molar-refractivity contribution in [3.8, 4) is 0 Å². The molecule has 0 radical (unpaired) electrons. The molecule has 2 aromatic heterocycles. The molecule has 0 spiro atoms. The van der Waals surface area contributed by atoms with Crippen LogP contribution >= 0.6 is 22.9 Å². The molecular weight excluding hydrogens is 412 g/mol. The van der Waals surface area contributed by atoms with Crippen LogP contribution in [0.15, 0.2) is 66.9 Å². The molecule has 0 saturated carbocycles. The first-order valence-electron chi connectivity index (χ1n) is 8.53. The first-order valence-corrected chi connectivity index (χ1v) is 9.73. The van der Waals surface area contributed by atoms with Gasteiger partial charge in [-0.2, -0.15) is 0 Å². The number of nitro groups is 1. The summed E-state index contributed by atoms with van der Waals surface area (Å²) in [4.78, 5) is 34.2. The summed E-state index contributed by atoms with van der Waals surface area (Å²) in [6.45, 7) is 0.177. The third kappa shape index (κ3) is 4.08. The number of pyridine rings is 1. The number of nitro benzene ring substituents is 1. The number of carbonyl (C=O) groups excluding carboxylic acids is 1. The lowest BCUT2D eigenvalue weighted by Gasteiger charge is -2.19. The highest BCUT2D eigenvalue weighted by molar-refractivity contribution is 7.22. The van der Waals surface area contributed by atoms with Crippen LogP contribution < -0.4 is 4.90 Å². The molecule has 0 unspecified atom stereocenters. The van der Waals surface area contributed by atoms with Crippen molar-refractivity contribution in [3.63, 3.8) is 0 Å². The van der Waals surface area contributed by atoms with Gasteiger partial charge in [-0.25, -0.2) is 4.98 Å². The molecule has 9 heteroatoms. The van der Waals surface area contributed by atoms with E-state index < -0.39 is 10.8 Å². The number of nitrogens with zero attached hydrogens (tertiary/aromatic N) is 4. The van der Waals surface area contributed by atoms with E-state index in [4.69, 9.17) is 11.6 Å². The molecule has 0 aliphatic carbocycles. The number of thiazole rings is 1. The molecule has 1 amide bonds. The highest BCUT2D eigenvalue weighted by Crippen LogP contribution is 2.32. The van der Waals surface area contributed by atoms with Gasteiger partial charge in [0.25, 0.3) is 11.6 Å². The third-order valence-electron chi connectivity index (χ3n) is 4.17. The van der Waals surface area contributed by atoms with Crippen molar-refractivity contribution in [2.75, 3.05) is 4.90 Å². The highest BCUT2D eigenvalue weighted by atomic mass is 35.5. The van der Waals surface area contributed by atoms with Gasteiger partial charge in [-0.3, -0.25) is 24.8 Å². The van der Waals surface area contributed by atoms with E-state index in [2.05, 4.69) is 9.97 Å². The number of fused-ring (bicyclic) bond motifs is 1. The molecular formula is C20H13ClN4O3S. The summed E-state index contributed by atoms with van der Waals surface area (Å²) in [6.07, 6.45) is 1.64. The first kappa shape index (κ1) is 19.0. The Balaban J connectivity index is 1.77. The molecule has 0 aliphatic rings. The fraction of sp³-hybridized carbons (Fsp3) is 0.0500. The zero-order chi connectivity index (χ0) is 20.4. The molecule has 4 aromatic rings. The van der Waals surface area contributed by atoms with E-state index >= 15 is 0 Å². The van der Waals surface area contributed by atoms with Crippen molar-refractivity contribution < 1.29 is 9.72 Å². The van der Waals surface area contributed by atoms with Gasteiger partial charge in [0.2, 0.25) is 0 Å². The monoisotopic (exact) mass is 424 g/mol. The van der Waals surface area contributed by atoms with Crippen LogP contribution in [0.2, 0.25) is 5.02 Å². The summed E-state index contributed by atoms with van der Waals surface area (Å²) in [5.41, 5.74) is 1.44. The van der Waals surface area contributed by atoms with Crippen LogP contribution in [0.1, 0.15) is 16.1 Å². The van der Waals surface area contributed by atoms with E-state index in [0.29, 0.717) is 21.4 Å². The van der Waals surface area contributed by atoms with Crippen molar-refractivity contribution in [2.24, 2.45) is 0 Å². The molecule has 7 nitrogen and oxygen atoms in total. The summed E-state index contributed by atoms with van der Waals surface area (Å²) < 4.78 is 0.838. The normalized spacial score (nSPS) is 10.8. The van der Waals surface area contributed by atoms with Gasteiger partial charge in [-0.1, -0.05) is 35.1 Å². The number of anilines is 1. The molecule has 2 heterocycles. The number of hydrogen-bond donors (Lipinski definition) is 0. The van der Waals surface area contributed by atoms with Crippen molar-refractivity contribution >= 4 is 49.9 Å². The zero-order valence-electron chi connectivity index (χ0n) is 14.9. The molecule has 29 heavy (non-hydrogen) atoms. The van der Waals surface area contributed by atoms with E-state index in [1.807, 2.05) is 6.07 Å². The number of amides is 1. The number of non-ortho nitro benzene ring substituents is 1. The SMILES string of the molecule is O=C(c1cccc([N+](=O)[O-])c1)N(Cc1ccccn1)c1nc2ccc(Cl)cc2s1. The van der Waals surface area contributed by atoms with Crippen LogP contribution in [-0.2, 0) is 6.54 Å². The van der Waals surface area contributed by atoms with Crippen molar-refractivity contribution in [2.45, 2.75) is 6.54 Å². The molecule has 0 saturated heterocycles. The largest absolute Gasteiger partial charge is 0.278 e. The fourth-order valence-electron chi connectivity index (χ4n) is 2.79. The molecule has 2 aromatic carbocycles. The predicted octanol–water partition coefficient (Wildman–Crippen LogP) is 5.10. The quantitative estimate of drug-likeness (QED) is 0.328. The molecule has 0 N–H and O–H groups in total. The molecule has 144 valence electrons. The second-order valence-electron chi connectivity index (χ2n) is 6.13. The van der Waals surface area contributed by atoms with Crippen molar-refractivity contribution in [1.29, 1.82) is 0 Å². The molecule has 0 fully saturated rings. The summed E-state index contributed by atoms with van der Waals surface area (Å²) >= 11 is 7.39. The summed E-state index contributed by atoms with van der Waals surface area (Å²) in [6, 6.07) is 16.4. The summed E-state index contributed by atoms with van der Waals surface area (Å²) in [5, 5.41) is 12.1. The van der Waals surface area contributed by atoms with Gasteiger partial charge < -0.3 is 0 Å². The van der Waals surface area contributed by atoms with Gasteiger partial charge in [0, 0.05) is 28.9 Å². The fourth-order valence-corrected chi connectivity index (χ4v) is 4.03. The van der Waals surface area contributed by atoms with E-state index in [1.54, 1.807) is 42.6 Å². The number of benzene rings is 2. The number of hydrogen-bond acceptors (Lipinski definition) is 6. The van der Waals surface area contributed by atoms with Crippen LogP contribution in [0, 0.1) is 10.1 Å². The maximum atomic E-state index is 13.3. The predicted molar refractivity (Wildman–Crippen MR) is 112 cm³/mol. The zero-order valence-corrected chi connectivity index (χ0v) is 16.4. The second-order valence-corrected chi connectivity index (χ2v) is 7.57. The van der Waals surface area contributed by atoms with Crippen molar-refractivity contribution in [1.82, 2.24) is 9.97 Å². The highest BCUT2D eigenvalue weighted by Gasteiger charge is 2.23. The van der Waals surface area contributed by atoms with E-state index in [9.17, 15) is 14.9 Å². The Hall–Kier alpha value is -3.36. The Morgan fingerprint density at radius 2 is 2.00 bits per heavy atom. The lowest BCUT2D eigenvalue weighted by molar-refractivity contribution is -0.384. The average Bonchev–Trinajstić information content (AvgIpc) is 3.15. The third-order valence-corrected chi connectivity index (χ3v) is 5.44.